The van der Waals surface area contributed by atoms with Gasteiger partial charge in [0, 0.05) is 6.92 Å². The summed E-state index contributed by atoms with van der Waals surface area (Å²) < 4.78 is 10.5. The fraction of sp³-hybridized carbons (Fsp3) is 0.467. The molecule has 1 aromatic rings. The lowest BCUT2D eigenvalue weighted by atomic mass is 10.1. The maximum atomic E-state index is 11.8. The number of nitrogens with one attached hydrogen (secondary N) is 1. The van der Waals surface area contributed by atoms with Gasteiger partial charge in [-0.1, -0.05) is 0 Å². The molecule has 1 rings (SSSR count). The molecule has 0 heterocycles. The number of aryl methyl sites for hydroxylation is 1. The molecule has 1 amide bonds. The van der Waals surface area contributed by atoms with E-state index in [-0.39, 0.29) is 23.7 Å². The van der Waals surface area contributed by atoms with Gasteiger partial charge in [-0.25, -0.2) is 4.79 Å². The van der Waals surface area contributed by atoms with E-state index in [1.807, 2.05) is 0 Å². The number of benzene rings is 1. The Bertz CT molecular complexity index is 639. The molecule has 0 bridgehead atoms. The Morgan fingerprint density at radius 1 is 1.35 bits per heavy atom. The van der Waals surface area contributed by atoms with E-state index in [0.717, 1.165) is 0 Å². The zero-order valence-electron chi connectivity index (χ0n) is 13.8. The van der Waals surface area contributed by atoms with Gasteiger partial charge >= 0.3 is 5.97 Å². The molecule has 0 aliphatic carbocycles. The Labute approximate surface area is 133 Å². The molecule has 8 heteroatoms. The second-order valence-electron chi connectivity index (χ2n) is 5.41. The van der Waals surface area contributed by atoms with Crippen LogP contribution in [-0.4, -0.2) is 29.0 Å². The Morgan fingerprint density at radius 3 is 2.43 bits per heavy atom. The highest BCUT2D eigenvalue weighted by Crippen LogP contribution is 2.34. The normalized spacial score (nSPS) is 10.8. The maximum absolute atomic E-state index is 11.8. The summed E-state index contributed by atoms with van der Waals surface area (Å²) in [6.07, 6.45) is 0. The number of nitro benzene ring substituents is 1. The number of esters is 1. The number of nitro groups is 1. The molecule has 0 unspecified atom stereocenters. The van der Waals surface area contributed by atoms with Gasteiger partial charge < -0.3 is 14.8 Å². The highest BCUT2D eigenvalue weighted by molar-refractivity contribution is 5.92. The van der Waals surface area contributed by atoms with Crippen LogP contribution in [0.2, 0.25) is 0 Å². The first-order valence-electron chi connectivity index (χ1n) is 7.01. The molecule has 0 radical (unpaired) electrons. The van der Waals surface area contributed by atoms with E-state index >= 15 is 0 Å². The van der Waals surface area contributed by atoms with Crippen LogP contribution in [0.4, 0.5) is 11.4 Å². The summed E-state index contributed by atoms with van der Waals surface area (Å²) in [5.74, 6) is -0.857. The number of carbonyl (C=O) groups excluding carboxylic acids is 2. The lowest BCUT2D eigenvalue weighted by molar-refractivity contribution is -0.384. The van der Waals surface area contributed by atoms with Crippen LogP contribution in [0.3, 0.4) is 0 Å². The molecule has 23 heavy (non-hydrogen) atoms. The van der Waals surface area contributed by atoms with Crippen molar-refractivity contribution in [2.75, 3.05) is 11.9 Å². The smallest absolute Gasteiger partial charge is 0.349 e. The molecule has 126 valence electrons. The third-order valence-electron chi connectivity index (χ3n) is 2.93. The number of rotatable bonds is 6. The van der Waals surface area contributed by atoms with E-state index in [9.17, 15) is 19.7 Å². The van der Waals surface area contributed by atoms with Gasteiger partial charge in [-0.15, -0.1) is 0 Å². The van der Waals surface area contributed by atoms with Crippen LogP contribution in [0.25, 0.3) is 0 Å². The molecule has 0 atom stereocenters. The third kappa shape index (κ3) is 4.67. The van der Waals surface area contributed by atoms with Crippen molar-refractivity contribution in [1.29, 1.82) is 0 Å². The second-order valence-corrected chi connectivity index (χ2v) is 5.41. The van der Waals surface area contributed by atoms with Gasteiger partial charge in [0.2, 0.25) is 5.91 Å². The largest absolute Gasteiger partial charge is 0.476 e. The monoisotopic (exact) mass is 324 g/mol. The van der Waals surface area contributed by atoms with Gasteiger partial charge in [-0.05, 0) is 39.3 Å². The molecule has 0 saturated heterocycles. The minimum absolute atomic E-state index is 0.101. The zero-order valence-corrected chi connectivity index (χ0v) is 13.8. The first-order chi connectivity index (χ1) is 10.6. The summed E-state index contributed by atoms with van der Waals surface area (Å²) >= 11 is 0. The summed E-state index contributed by atoms with van der Waals surface area (Å²) in [6.45, 7) is 7.75. The molecule has 0 aliphatic rings. The Hall–Kier alpha value is -2.64. The molecule has 1 N–H and O–H groups in total. The lowest BCUT2D eigenvalue weighted by Crippen LogP contribution is -2.39. The van der Waals surface area contributed by atoms with Gasteiger partial charge in [0.1, 0.15) is 11.4 Å². The lowest BCUT2D eigenvalue weighted by Gasteiger charge is -2.24. The molecular weight excluding hydrogens is 304 g/mol. The molecular formula is C15H20N2O6. The Balaban J connectivity index is 3.22. The number of amides is 1. The molecule has 0 saturated carbocycles. The summed E-state index contributed by atoms with van der Waals surface area (Å²) in [5.41, 5.74) is -1.06. The number of ether oxygens (including phenoxy) is 2. The molecule has 0 aliphatic heterocycles. The van der Waals surface area contributed by atoms with Crippen LogP contribution in [0.15, 0.2) is 12.1 Å². The predicted octanol–water partition coefficient (Wildman–Crippen LogP) is 2.58. The summed E-state index contributed by atoms with van der Waals surface area (Å²) in [6, 6.07) is 2.68. The number of hydrogen-bond acceptors (Lipinski definition) is 6. The van der Waals surface area contributed by atoms with E-state index < -0.39 is 22.4 Å². The first kappa shape index (κ1) is 18.4. The summed E-state index contributed by atoms with van der Waals surface area (Å²) in [4.78, 5) is 33.6. The molecule has 1 aromatic carbocycles. The fourth-order valence-electron chi connectivity index (χ4n) is 1.92. The zero-order chi connectivity index (χ0) is 17.8. The van der Waals surface area contributed by atoms with Crippen molar-refractivity contribution in [3.63, 3.8) is 0 Å². The highest BCUT2D eigenvalue weighted by Gasteiger charge is 2.32. The number of carbonyl (C=O) groups is 2. The number of hydrogen-bond donors (Lipinski definition) is 1. The van der Waals surface area contributed by atoms with E-state index in [2.05, 4.69) is 5.32 Å². The van der Waals surface area contributed by atoms with Gasteiger partial charge in [-0.2, -0.15) is 0 Å². The van der Waals surface area contributed by atoms with Crippen LogP contribution >= 0.6 is 0 Å². The maximum Gasteiger partial charge on any atom is 0.349 e. The van der Waals surface area contributed by atoms with Crippen molar-refractivity contribution in [3.05, 3.63) is 27.8 Å². The molecule has 8 nitrogen and oxygen atoms in total. The summed E-state index contributed by atoms with van der Waals surface area (Å²) in [7, 11) is 0. The van der Waals surface area contributed by atoms with Crippen molar-refractivity contribution >= 4 is 23.3 Å². The highest BCUT2D eigenvalue weighted by atomic mass is 16.6. The standard InChI is InChI=1S/C15H20N2O6/c1-6-22-14(19)15(4,5)23-11-7-9(2)13(16-10(3)18)12(8-11)17(20)21/h7-8H,6H2,1-5H3,(H,16,18). The number of nitrogens with zero attached hydrogens (tertiary/aromatic N) is 1. The van der Waals surface area contributed by atoms with Crippen molar-refractivity contribution < 1.29 is 24.0 Å². The average molecular weight is 324 g/mol. The Kier molecular flexibility index (Phi) is 5.67. The first-order valence-corrected chi connectivity index (χ1v) is 7.01. The van der Waals surface area contributed by atoms with Crippen LogP contribution in [0.5, 0.6) is 5.75 Å². The van der Waals surface area contributed by atoms with Crippen LogP contribution in [-0.2, 0) is 14.3 Å². The van der Waals surface area contributed by atoms with Crippen molar-refractivity contribution in [3.8, 4) is 5.75 Å². The minimum Gasteiger partial charge on any atom is -0.476 e. The third-order valence-corrected chi connectivity index (χ3v) is 2.93. The SMILES string of the molecule is CCOC(=O)C(C)(C)Oc1cc(C)c(NC(C)=O)c([N+](=O)[O-])c1. The summed E-state index contributed by atoms with van der Waals surface area (Å²) in [5, 5.41) is 13.6. The molecule has 0 fully saturated rings. The van der Waals surface area contributed by atoms with E-state index in [0.29, 0.717) is 5.56 Å². The van der Waals surface area contributed by atoms with Gasteiger partial charge in [0.05, 0.1) is 17.6 Å². The molecule has 0 aromatic heterocycles. The topological polar surface area (TPSA) is 108 Å². The van der Waals surface area contributed by atoms with Crippen molar-refractivity contribution in [2.24, 2.45) is 0 Å². The van der Waals surface area contributed by atoms with E-state index in [4.69, 9.17) is 9.47 Å². The van der Waals surface area contributed by atoms with E-state index in [1.165, 1.54) is 32.9 Å². The predicted molar refractivity (Wildman–Crippen MR) is 83.5 cm³/mol. The second kappa shape index (κ2) is 7.08. The number of anilines is 1. The van der Waals surface area contributed by atoms with Crippen LogP contribution < -0.4 is 10.1 Å². The van der Waals surface area contributed by atoms with Gasteiger partial charge in [-0.3, -0.25) is 14.9 Å². The molecule has 0 spiro atoms. The Morgan fingerprint density at radius 2 is 1.96 bits per heavy atom. The van der Waals surface area contributed by atoms with Crippen molar-refractivity contribution in [2.45, 2.75) is 40.2 Å². The average Bonchev–Trinajstić information content (AvgIpc) is 2.40. The van der Waals surface area contributed by atoms with Crippen LogP contribution in [0.1, 0.15) is 33.3 Å². The fourth-order valence-corrected chi connectivity index (χ4v) is 1.92. The van der Waals surface area contributed by atoms with Crippen molar-refractivity contribution in [1.82, 2.24) is 0 Å². The van der Waals surface area contributed by atoms with Gasteiger partial charge in [0.25, 0.3) is 5.69 Å². The minimum atomic E-state index is -1.30. The van der Waals surface area contributed by atoms with E-state index in [1.54, 1.807) is 13.8 Å². The van der Waals surface area contributed by atoms with Gasteiger partial charge in [0.15, 0.2) is 5.60 Å². The van der Waals surface area contributed by atoms with Crippen LogP contribution in [0, 0.1) is 17.0 Å². The quantitative estimate of drug-likeness (QED) is 0.489.